The van der Waals surface area contributed by atoms with E-state index >= 15 is 0 Å². The Morgan fingerprint density at radius 3 is 1.52 bits per heavy atom. The maximum absolute atomic E-state index is 6.34. The van der Waals surface area contributed by atoms with Crippen LogP contribution in [0.15, 0.2) is 60.7 Å². The molecule has 0 fully saturated rings. The van der Waals surface area contributed by atoms with Crippen molar-refractivity contribution >= 4 is 28.2 Å². The van der Waals surface area contributed by atoms with E-state index in [1.807, 2.05) is 0 Å². The van der Waals surface area contributed by atoms with Crippen LogP contribution >= 0.6 is 0 Å². The summed E-state index contributed by atoms with van der Waals surface area (Å²) in [6.45, 7) is 6.87. The second kappa shape index (κ2) is 6.54. The topological polar surface area (TPSA) is 9.23 Å². The van der Waals surface area contributed by atoms with Crippen LogP contribution in [0, 0.1) is 5.41 Å². The zero-order chi connectivity index (χ0) is 15.5. The van der Waals surface area contributed by atoms with E-state index in [1.165, 1.54) is 11.1 Å². The van der Waals surface area contributed by atoms with Crippen molar-refractivity contribution in [3.8, 4) is 0 Å². The quantitative estimate of drug-likeness (QED) is 0.786. The van der Waals surface area contributed by atoms with Gasteiger partial charge in [0, 0.05) is 0 Å². The van der Waals surface area contributed by atoms with Crippen molar-refractivity contribution in [2.75, 3.05) is 0 Å². The molecule has 3 heteroatoms. The van der Waals surface area contributed by atoms with E-state index < -0.39 is 0 Å². The summed E-state index contributed by atoms with van der Waals surface area (Å²) in [7, 11) is 0.697. The third-order valence-corrected chi connectivity index (χ3v) is 5.28. The zero-order valence-electron chi connectivity index (χ0n) is 13.8. The molecule has 1 atom stereocenters. The summed E-state index contributed by atoms with van der Waals surface area (Å²) in [6, 6.07) is 21.3. The molecule has 21 heavy (non-hydrogen) atoms. The Balaban J connectivity index is 2.69. The first-order valence-electron chi connectivity index (χ1n) is 7.59. The molecule has 2 aromatic carbocycles. The van der Waals surface area contributed by atoms with Gasteiger partial charge < -0.3 is 0 Å². The standard InChI is InChI=1S/C18H23OSi.Li/c1-17(2,3)14-18(19-20,15-10-6-4-7-11-15)16-12-8-5-9-13-16;/h4-14H,1-3,20H3;. The van der Waals surface area contributed by atoms with E-state index in [9.17, 15) is 0 Å². The molecule has 106 valence electrons. The minimum atomic E-state index is -0.368. The van der Waals surface area contributed by atoms with Gasteiger partial charge in [-0.2, -0.15) is 0 Å². The fourth-order valence-electron chi connectivity index (χ4n) is 3.06. The first-order valence-corrected chi connectivity index (χ1v) is 8.40. The van der Waals surface area contributed by atoms with Gasteiger partial charge in [-0.15, -0.1) is 0 Å². The average Bonchev–Trinajstić information content (AvgIpc) is 2.50. The normalized spacial score (nSPS) is 14.1. The molecular weight excluding hydrogens is 267 g/mol. The molecule has 0 N–H and O–H groups in total. The summed E-state index contributed by atoms with van der Waals surface area (Å²) in [5, 5.41) is 0. The van der Waals surface area contributed by atoms with Gasteiger partial charge in [0.25, 0.3) is 0 Å². The molecule has 2 rings (SSSR count). The van der Waals surface area contributed by atoms with Crippen LogP contribution in [0.25, 0.3) is 0 Å². The van der Waals surface area contributed by atoms with Crippen molar-refractivity contribution in [3.63, 3.8) is 0 Å². The molecule has 0 saturated carbocycles. The fourth-order valence-corrected chi connectivity index (χ4v) is 3.89. The second-order valence-electron chi connectivity index (χ2n) is 6.76. The van der Waals surface area contributed by atoms with Crippen molar-refractivity contribution < 1.29 is 4.43 Å². The Hall–Kier alpha value is -0.786. The van der Waals surface area contributed by atoms with Crippen molar-refractivity contribution in [1.29, 1.82) is 0 Å². The van der Waals surface area contributed by atoms with Crippen molar-refractivity contribution in [3.05, 3.63) is 71.8 Å². The van der Waals surface area contributed by atoms with Crippen LogP contribution in [-0.2, 0) is 10.0 Å². The molecule has 0 spiro atoms. The summed E-state index contributed by atoms with van der Waals surface area (Å²) >= 11 is 2.30. The number of rotatable bonds is 4. The predicted octanol–water partition coefficient (Wildman–Crippen LogP) is 3.23. The summed E-state index contributed by atoms with van der Waals surface area (Å²) in [6.07, 6.45) is 0. The van der Waals surface area contributed by atoms with E-state index in [1.54, 1.807) is 0 Å². The molecule has 0 aliphatic rings. The second-order valence-corrected chi connectivity index (χ2v) is 7.17. The molecule has 0 amide bonds. The molecule has 0 aliphatic carbocycles. The van der Waals surface area contributed by atoms with Crippen molar-refractivity contribution in [2.24, 2.45) is 5.41 Å². The zero-order valence-corrected chi connectivity index (χ0v) is 15.8. The Morgan fingerprint density at radius 1 is 0.857 bits per heavy atom. The predicted molar refractivity (Wildman–Crippen MR) is 93.6 cm³/mol. The molecule has 0 heterocycles. The van der Waals surface area contributed by atoms with E-state index in [0.29, 0.717) is 15.1 Å². The summed E-state index contributed by atoms with van der Waals surface area (Å²) < 4.78 is 6.69. The third-order valence-electron chi connectivity index (χ3n) is 4.64. The van der Waals surface area contributed by atoms with Gasteiger partial charge in [-0.1, -0.05) is 0 Å². The Labute approximate surface area is 140 Å². The van der Waals surface area contributed by atoms with Gasteiger partial charge in [0.15, 0.2) is 0 Å². The molecule has 0 aliphatic heterocycles. The van der Waals surface area contributed by atoms with Crippen LogP contribution in [0.5, 0.6) is 0 Å². The molecule has 2 aromatic rings. The van der Waals surface area contributed by atoms with Crippen LogP contribution in [0.1, 0.15) is 31.9 Å². The first-order chi connectivity index (χ1) is 9.93. The Bertz CT molecular complexity index is 523. The average molecular weight is 290 g/mol. The molecule has 0 aromatic heterocycles. The molecule has 0 radical (unpaired) electrons. The molecule has 0 bridgehead atoms. The summed E-state index contributed by atoms with van der Waals surface area (Å²) in [5.41, 5.74) is 2.27. The molecule has 0 saturated heterocycles. The van der Waals surface area contributed by atoms with E-state index in [0.717, 1.165) is 0 Å². The Morgan fingerprint density at radius 2 is 1.24 bits per heavy atom. The van der Waals surface area contributed by atoms with E-state index in [-0.39, 0.29) is 11.0 Å². The molecule has 1 nitrogen and oxygen atoms in total. The minimum absolute atomic E-state index is 0.149. The van der Waals surface area contributed by atoms with Gasteiger partial charge in [0.1, 0.15) is 0 Å². The number of benzene rings is 2. The fraction of sp³-hybridized carbons (Fsp3) is 0.333. The summed E-state index contributed by atoms with van der Waals surface area (Å²) in [4.78, 5) is 0. The van der Waals surface area contributed by atoms with Gasteiger partial charge in [0.2, 0.25) is 0 Å². The van der Waals surface area contributed by atoms with Crippen LogP contribution in [0.2, 0.25) is 4.59 Å². The van der Waals surface area contributed by atoms with Crippen LogP contribution < -0.4 is 0 Å². The van der Waals surface area contributed by atoms with Gasteiger partial charge >= 0.3 is 141 Å². The number of hydrogen-bond donors (Lipinski definition) is 0. The van der Waals surface area contributed by atoms with Crippen molar-refractivity contribution in [1.82, 2.24) is 0 Å². The Kier molecular flexibility index (Phi) is 5.17. The van der Waals surface area contributed by atoms with Gasteiger partial charge in [-0.05, 0) is 0 Å². The van der Waals surface area contributed by atoms with Crippen LogP contribution in [-0.4, -0.2) is 28.2 Å². The van der Waals surface area contributed by atoms with Crippen LogP contribution in [0.3, 0.4) is 0 Å². The third kappa shape index (κ3) is 3.20. The monoisotopic (exact) mass is 290 g/mol. The van der Waals surface area contributed by atoms with Gasteiger partial charge in [0.05, 0.1) is 0 Å². The van der Waals surface area contributed by atoms with E-state index in [2.05, 4.69) is 99.1 Å². The molecule has 1 unspecified atom stereocenters. The van der Waals surface area contributed by atoms with Gasteiger partial charge in [-0.3, -0.25) is 0 Å². The van der Waals surface area contributed by atoms with Gasteiger partial charge in [-0.25, -0.2) is 0 Å². The SMILES string of the molecule is [Li][CH](C(C)(C)C)C(O[SiH3])(c1ccccc1)c1ccccc1. The van der Waals surface area contributed by atoms with Crippen LogP contribution in [0.4, 0.5) is 0 Å². The van der Waals surface area contributed by atoms with Crippen molar-refractivity contribution in [2.45, 2.75) is 31.0 Å². The summed E-state index contributed by atoms with van der Waals surface area (Å²) in [5.74, 6) is 0. The molecular formula is C18H23LiOSi. The number of hydrogen-bond acceptors (Lipinski definition) is 1. The maximum atomic E-state index is 6.34. The van der Waals surface area contributed by atoms with E-state index in [4.69, 9.17) is 4.43 Å². The first kappa shape index (κ1) is 16.6.